The van der Waals surface area contributed by atoms with Crippen LogP contribution in [-0.2, 0) is 6.54 Å². The summed E-state index contributed by atoms with van der Waals surface area (Å²) in [4.78, 5) is 3.32. The Hall–Kier alpha value is -1.36. The first kappa shape index (κ1) is 11.7. The summed E-state index contributed by atoms with van der Waals surface area (Å²) in [5.41, 5.74) is 3.28. The summed E-state index contributed by atoms with van der Waals surface area (Å²) < 4.78 is 5.14. The number of fused-ring (bicyclic) bond motifs is 1. The maximum Gasteiger partial charge on any atom is 0.179 e. The van der Waals surface area contributed by atoms with Gasteiger partial charge in [-0.3, -0.25) is 4.57 Å². The second-order valence-corrected chi connectivity index (χ2v) is 5.22. The summed E-state index contributed by atoms with van der Waals surface area (Å²) >= 11 is 5.50. The Balaban J connectivity index is 2.23. The molecule has 0 bridgehead atoms. The topological polar surface area (TPSA) is 38.5 Å². The van der Waals surface area contributed by atoms with E-state index < -0.39 is 0 Å². The van der Waals surface area contributed by atoms with E-state index in [9.17, 15) is 0 Å². The van der Waals surface area contributed by atoms with Crippen molar-refractivity contribution in [1.82, 2.24) is 19.3 Å². The average molecular weight is 262 g/mol. The van der Waals surface area contributed by atoms with Crippen molar-refractivity contribution >= 4 is 23.4 Å². The number of aromatic nitrogens is 4. The lowest BCUT2D eigenvalue weighted by molar-refractivity contribution is 0.456. The fourth-order valence-corrected chi connectivity index (χ4v) is 3.13. The van der Waals surface area contributed by atoms with E-state index >= 15 is 0 Å². The van der Waals surface area contributed by atoms with Gasteiger partial charge >= 0.3 is 0 Å². The first-order valence-electron chi connectivity index (χ1n) is 6.55. The smallest absolute Gasteiger partial charge is 0.179 e. The zero-order valence-corrected chi connectivity index (χ0v) is 11.6. The average Bonchev–Trinajstić information content (AvgIpc) is 2.88. The van der Waals surface area contributed by atoms with Crippen LogP contribution in [0.5, 0.6) is 0 Å². The molecule has 0 aromatic carbocycles. The number of aryl methyl sites for hydroxylation is 2. The Bertz CT molecular complexity index is 658. The molecular formula is C13H18N4S. The first-order valence-corrected chi connectivity index (χ1v) is 6.95. The third kappa shape index (κ3) is 1.65. The Labute approximate surface area is 111 Å². The van der Waals surface area contributed by atoms with E-state index in [-0.39, 0.29) is 0 Å². The molecule has 96 valence electrons. The highest BCUT2D eigenvalue weighted by molar-refractivity contribution is 7.71. The van der Waals surface area contributed by atoms with Gasteiger partial charge in [-0.05, 0) is 45.3 Å². The number of H-pyrrole nitrogens is 1. The Morgan fingerprint density at radius 3 is 3.00 bits per heavy atom. The summed E-state index contributed by atoms with van der Waals surface area (Å²) in [5.74, 6) is 0. The van der Waals surface area contributed by atoms with Crippen LogP contribution in [0.15, 0.2) is 12.2 Å². The molecule has 0 aliphatic heterocycles. The SMILES string of the molecule is CCn1nc(C)c2[nH]c(=S)n(C3CC=CCC3)c21. The van der Waals surface area contributed by atoms with Gasteiger partial charge < -0.3 is 4.98 Å². The first-order chi connectivity index (χ1) is 8.72. The zero-order chi connectivity index (χ0) is 12.7. The van der Waals surface area contributed by atoms with Crippen LogP contribution in [0.3, 0.4) is 0 Å². The molecule has 18 heavy (non-hydrogen) atoms. The van der Waals surface area contributed by atoms with Crippen LogP contribution >= 0.6 is 12.2 Å². The van der Waals surface area contributed by atoms with Gasteiger partial charge in [-0.2, -0.15) is 5.10 Å². The van der Waals surface area contributed by atoms with E-state index in [0.29, 0.717) is 6.04 Å². The highest BCUT2D eigenvalue weighted by atomic mass is 32.1. The Morgan fingerprint density at radius 1 is 1.50 bits per heavy atom. The molecule has 0 fully saturated rings. The van der Waals surface area contributed by atoms with Crippen LogP contribution in [0.4, 0.5) is 0 Å². The van der Waals surface area contributed by atoms with Crippen molar-refractivity contribution in [2.24, 2.45) is 0 Å². The normalized spacial score (nSPS) is 19.8. The molecule has 5 heteroatoms. The molecular weight excluding hydrogens is 244 g/mol. The molecule has 0 amide bonds. The second-order valence-electron chi connectivity index (χ2n) is 4.84. The van der Waals surface area contributed by atoms with E-state index in [1.807, 2.05) is 6.92 Å². The van der Waals surface area contributed by atoms with Gasteiger partial charge in [0.05, 0.1) is 5.69 Å². The van der Waals surface area contributed by atoms with Crippen LogP contribution < -0.4 is 0 Å². The van der Waals surface area contributed by atoms with Crippen LogP contribution in [0.25, 0.3) is 11.2 Å². The number of hydrogen-bond acceptors (Lipinski definition) is 2. The molecule has 1 unspecified atom stereocenters. The zero-order valence-electron chi connectivity index (χ0n) is 10.8. The highest BCUT2D eigenvalue weighted by Crippen LogP contribution is 2.29. The fraction of sp³-hybridized carbons (Fsp3) is 0.538. The fourth-order valence-electron chi connectivity index (χ4n) is 2.80. The maximum atomic E-state index is 5.50. The maximum absolute atomic E-state index is 5.50. The number of nitrogens with one attached hydrogen (secondary N) is 1. The number of hydrogen-bond donors (Lipinski definition) is 1. The third-order valence-electron chi connectivity index (χ3n) is 3.69. The van der Waals surface area contributed by atoms with Crippen molar-refractivity contribution in [3.05, 3.63) is 22.6 Å². The van der Waals surface area contributed by atoms with E-state index in [4.69, 9.17) is 12.2 Å². The molecule has 1 N–H and O–H groups in total. The van der Waals surface area contributed by atoms with Gasteiger partial charge in [-0.15, -0.1) is 0 Å². The van der Waals surface area contributed by atoms with Crippen LogP contribution in [-0.4, -0.2) is 19.3 Å². The van der Waals surface area contributed by atoms with Crippen molar-refractivity contribution in [2.75, 3.05) is 0 Å². The second kappa shape index (κ2) is 4.39. The number of aromatic amines is 1. The van der Waals surface area contributed by atoms with Crippen LogP contribution in [0.2, 0.25) is 0 Å². The summed E-state index contributed by atoms with van der Waals surface area (Å²) in [7, 11) is 0. The van der Waals surface area contributed by atoms with Crippen molar-refractivity contribution in [1.29, 1.82) is 0 Å². The number of nitrogens with zero attached hydrogens (tertiary/aromatic N) is 3. The standard InChI is InChI=1S/C13H18N4S/c1-3-16-12-11(9(2)15-16)14-13(18)17(12)10-7-5-4-6-8-10/h4-5,10H,3,6-8H2,1-2H3,(H,14,18). The summed E-state index contributed by atoms with van der Waals surface area (Å²) in [5, 5.41) is 4.57. The minimum atomic E-state index is 0.470. The molecule has 0 spiro atoms. The Morgan fingerprint density at radius 2 is 2.33 bits per heavy atom. The lowest BCUT2D eigenvalue weighted by Gasteiger charge is -2.20. The summed E-state index contributed by atoms with van der Waals surface area (Å²) in [6.07, 6.45) is 7.87. The van der Waals surface area contributed by atoms with Gasteiger partial charge in [-0.1, -0.05) is 12.2 Å². The summed E-state index contributed by atoms with van der Waals surface area (Å²) in [6.45, 7) is 5.03. The van der Waals surface area contributed by atoms with Gasteiger partial charge in [0.25, 0.3) is 0 Å². The van der Waals surface area contributed by atoms with Gasteiger partial charge in [0.1, 0.15) is 5.52 Å². The molecule has 0 saturated carbocycles. The minimum Gasteiger partial charge on any atom is -0.328 e. The van der Waals surface area contributed by atoms with Crippen molar-refractivity contribution in [2.45, 2.75) is 45.7 Å². The number of allylic oxidation sites excluding steroid dienone is 2. The third-order valence-corrected chi connectivity index (χ3v) is 3.98. The molecule has 1 atom stereocenters. The number of rotatable bonds is 2. The van der Waals surface area contributed by atoms with E-state index in [1.54, 1.807) is 0 Å². The minimum absolute atomic E-state index is 0.470. The predicted molar refractivity (Wildman–Crippen MR) is 75.3 cm³/mol. The molecule has 2 heterocycles. The van der Waals surface area contributed by atoms with Gasteiger partial charge in [0.15, 0.2) is 10.4 Å². The van der Waals surface area contributed by atoms with Gasteiger partial charge in [0, 0.05) is 12.6 Å². The molecule has 4 nitrogen and oxygen atoms in total. The van der Waals surface area contributed by atoms with Crippen LogP contribution in [0, 0.1) is 11.7 Å². The lowest BCUT2D eigenvalue weighted by Crippen LogP contribution is -2.13. The Kier molecular flexibility index (Phi) is 2.86. The van der Waals surface area contributed by atoms with Crippen molar-refractivity contribution in [3.63, 3.8) is 0 Å². The van der Waals surface area contributed by atoms with Crippen molar-refractivity contribution < 1.29 is 0 Å². The quantitative estimate of drug-likeness (QED) is 0.664. The molecule has 2 aromatic heterocycles. The highest BCUT2D eigenvalue weighted by Gasteiger charge is 2.20. The van der Waals surface area contributed by atoms with E-state index in [0.717, 1.165) is 47.4 Å². The molecule has 3 rings (SSSR count). The van der Waals surface area contributed by atoms with E-state index in [2.05, 4.69) is 38.4 Å². The largest absolute Gasteiger partial charge is 0.328 e. The van der Waals surface area contributed by atoms with Crippen LogP contribution in [0.1, 0.15) is 37.9 Å². The number of imidazole rings is 1. The lowest BCUT2D eigenvalue weighted by atomic mass is 10.0. The van der Waals surface area contributed by atoms with Gasteiger partial charge in [0.2, 0.25) is 0 Å². The van der Waals surface area contributed by atoms with E-state index in [1.165, 1.54) is 0 Å². The molecule has 0 saturated heterocycles. The molecule has 2 aromatic rings. The van der Waals surface area contributed by atoms with Gasteiger partial charge in [-0.25, -0.2) is 4.68 Å². The monoisotopic (exact) mass is 262 g/mol. The summed E-state index contributed by atoms with van der Waals surface area (Å²) in [6, 6.07) is 0.470. The predicted octanol–water partition coefficient (Wildman–Crippen LogP) is 3.50. The molecule has 0 radical (unpaired) electrons. The molecule has 1 aliphatic carbocycles. The molecule has 1 aliphatic rings. The van der Waals surface area contributed by atoms with Crippen molar-refractivity contribution in [3.8, 4) is 0 Å².